The van der Waals surface area contributed by atoms with Gasteiger partial charge in [0, 0.05) is 13.6 Å². The van der Waals surface area contributed by atoms with Crippen LogP contribution in [0.3, 0.4) is 0 Å². The number of esters is 1. The molecule has 0 radical (unpaired) electrons. The van der Waals surface area contributed by atoms with E-state index in [9.17, 15) is 9.18 Å². The lowest BCUT2D eigenvalue weighted by molar-refractivity contribution is 0.0531. The third kappa shape index (κ3) is 6.40. The van der Waals surface area contributed by atoms with Crippen LogP contribution in [0.15, 0.2) is 23.2 Å². The Morgan fingerprint density at radius 2 is 2.11 bits per heavy atom. The fourth-order valence-corrected chi connectivity index (χ4v) is 3.35. The van der Waals surface area contributed by atoms with Crippen LogP contribution in [0.5, 0.6) is 0 Å². The Hall–Kier alpha value is -1.75. The van der Waals surface area contributed by atoms with E-state index in [1.807, 2.05) is 13.0 Å². The van der Waals surface area contributed by atoms with Crippen molar-refractivity contribution in [2.45, 2.75) is 40.3 Å². The van der Waals surface area contributed by atoms with Gasteiger partial charge in [0.15, 0.2) is 5.96 Å². The molecule has 9 heteroatoms. The van der Waals surface area contributed by atoms with Gasteiger partial charge in [0.2, 0.25) is 0 Å². The highest BCUT2D eigenvalue weighted by molar-refractivity contribution is 14.0. The maximum Gasteiger partial charge on any atom is 0.350 e. The average molecular weight is 520 g/mol. The molecule has 0 spiro atoms. The van der Waals surface area contributed by atoms with E-state index in [0.717, 1.165) is 10.6 Å². The Morgan fingerprint density at radius 1 is 1.39 bits per heavy atom. The average Bonchev–Trinajstić information content (AvgIpc) is 3.03. The molecule has 0 amide bonds. The number of carbonyl (C=O) groups is 1. The molecule has 0 bridgehead atoms. The number of hydrogen-bond donors (Lipinski definition) is 2. The zero-order chi connectivity index (χ0) is 20.0. The number of guanidine groups is 1. The van der Waals surface area contributed by atoms with Gasteiger partial charge in [-0.2, -0.15) is 0 Å². The van der Waals surface area contributed by atoms with E-state index in [4.69, 9.17) is 4.74 Å². The summed E-state index contributed by atoms with van der Waals surface area (Å²) in [6.07, 6.45) is 0. The summed E-state index contributed by atoms with van der Waals surface area (Å²) in [4.78, 5) is 21.1. The molecule has 2 N–H and O–H groups in total. The Bertz CT molecular complexity index is 841. The van der Waals surface area contributed by atoms with Gasteiger partial charge in [-0.3, -0.25) is 4.99 Å². The van der Waals surface area contributed by atoms with Gasteiger partial charge in [0.05, 0.1) is 18.3 Å². The minimum absolute atomic E-state index is 0. The van der Waals surface area contributed by atoms with Crippen molar-refractivity contribution >= 4 is 47.2 Å². The molecule has 1 atom stereocenters. The summed E-state index contributed by atoms with van der Waals surface area (Å²) < 4.78 is 18.7. The van der Waals surface area contributed by atoms with Crippen molar-refractivity contribution in [2.24, 2.45) is 4.99 Å². The van der Waals surface area contributed by atoms with Crippen LogP contribution >= 0.6 is 35.3 Å². The first kappa shape index (κ1) is 24.3. The van der Waals surface area contributed by atoms with Crippen molar-refractivity contribution in [1.29, 1.82) is 0 Å². The molecular formula is C19H26FIN4O2S. The molecule has 154 valence electrons. The van der Waals surface area contributed by atoms with Crippen molar-refractivity contribution in [3.05, 3.63) is 50.7 Å². The first-order chi connectivity index (χ1) is 12.8. The second-order valence-corrected chi connectivity index (χ2v) is 7.09. The number of aromatic nitrogens is 1. The monoisotopic (exact) mass is 520 g/mol. The van der Waals surface area contributed by atoms with Crippen molar-refractivity contribution in [3.8, 4) is 0 Å². The fourth-order valence-electron chi connectivity index (χ4n) is 2.38. The summed E-state index contributed by atoms with van der Waals surface area (Å²) >= 11 is 1.31. The van der Waals surface area contributed by atoms with Gasteiger partial charge in [-0.15, -0.1) is 35.3 Å². The highest BCUT2D eigenvalue weighted by Gasteiger charge is 2.20. The van der Waals surface area contributed by atoms with Gasteiger partial charge in [-0.1, -0.05) is 12.1 Å². The first-order valence-electron chi connectivity index (χ1n) is 8.72. The molecule has 2 rings (SSSR count). The van der Waals surface area contributed by atoms with Gasteiger partial charge in [-0.05, 0) is 44.9 Å². The number of carbonyl (C=O) groups excluding carboxylic acids is 1. The van der Waals surface area contributed by atoms with E-state index in [-0.39, 0.29) is 41.8 Å². The summed E-state index contributed by atoms with van der Waals surface area (Å²) in [7, 11) is 1.66. The maximum absolute atomic E-state index is 13.7. The standard InChI is InChI=1S/C19H25FN4O2S.HI/c1-6-26-18(25)16-12(3)23-17(27-16)13(4)24-19(21-5)22-10-14-8-7-11(2)15(20)9-14;/h7-9,13H,6,10H2,1-5H3,(H2,21,22,24);1H. The summed E-state index contributed by atoms with van der Waals surface area (Å²) in [6, 6.07) is 4.98. The number of nitrogens with zero attached hydrogens (tertiary/aromatic N) is 2. The summed E-state index contributed by atoms with van der Waals surface area (Å²) in [5, 5.41) is 7.15. The Kier molecular flexibility index (Phi) is 9.80. The molecule has 28 heavy (non-hydrogen) atoms. The predicted octanol–water partition coefficient (Wildman–Crippen LogP) is 4.12. The largest absolute Gasteiger partial charge is 0.462 e. The van der Waals surface area contributed by atoms with Crippen molar-refractivity contribution in [3.63, 3.8) is 0 Å². The lowest BCUT2D eigenvalue weighted by Crippen LogP contribution is -2.38. The number of aryl methyl sites for hydroxylation is 2. The van der Waals surface area contributed by atoms with Crippen LogP contribution in [-0.4, -0.2) is 30.6 Å². The maximum atomic E-state index is 13.7. The molecule has 2 aromatic rings. The highest BCUT2D eigenvalue weighted by Crippen LogP contribution is 2.24. The highest BCUT2D eigenvalue weighted by atomic mass is 127. The van der Waals surface area contributed by atoms with E-state index in [0.29, 0.717) is 35.2 Å². The zero-order valence-electron chi connectivity index (χ0n) is 16.6. The van der Waals surface area contributed by atoms with Gasteiger partial charge >= 0.3 is 5.97 Å². The third-order valence-electron chi connectivity index (χ3n) is 3.92. The van der Waals surface area contributed by atoms with Crippen LogP contribution in [0.2, 0.25) is 0 Å². The van der Waals surface area contributed by atoms with Gasteiger partial charge in [0.25, 0.3) is 0 Å². The van der Waals surface area contributed by atoms with Crippen LogP contribution in [0.1, 0.15) is 51.4 Å². The third-order valence-corrected chi connectivity index (χ3v) is 5.24. The van der Waals surface area contributed by atoms with Crippen molar-refractivity contribution in [2.75, 3.05) is 13.7 Å². The number of nitrogens with one attached hydrogen (secondary N) is 2. The van der Waals surface area contributed by atoms with Crippen LogP contribution in [0, 0.1) is 19.7 Å². The zero-order valence-corrected chi connectivity index (χ0v) is 19.8. The minimum Gasteiger partial charge on any atom is -0.462 e. The smallest absolute Gasteiger partial charge is 0.350 e. The SMILES string of the molecule is CCOC(=O)c1sc(C(C)NC(=NC)NCc2ccc(C)c(F)c2)nc1C.I. The molecule has 1 aromatic heterocycles. The number of aliphatic imine (C=N–C) groups is 1. The summed E-state index contributed by atoms with van der Waals surface area (Å²) in [5.41, 5.74) is 2.09. The molecule has 0 saturated carbocycles. The van der Waals surface area contributed by atoms with E-state index in [2.05, 4.69) is 20.6 Å². The minimum atomic E-state index is -0.352. The molecule has 0 fully saturated rings. The molecule has 0 saturated heterocycles. The summed E-state index contributed by atoms with van der Waals surface area (Å²) in [6.45, 7) is 8.00. The van der Waals surface area contributed by atoms with Crippen molar-refractivity contribution < 1.29 is 13.9 Å². The number of hydrogen-bond acceptors (Lipinski definition) is 5. The number of rotatable bonds is 6. The van der Waals surface area contributed by atoms with E-state index in [1.54, 1.807) is 33.9 Å². The predicted molar refractivity (Wildman–Crippen MR) is 121 cm³/mol. The van der Waals surface area contributed by atoms with Gasteiger partial charge in [0.1, 0.15) is 15.7 Å². The van der Waals surface area contributed by atoms with Gasteiger partial charge in [-0.25, -0.2) is 14.2 Å². The molecule has 0 aliphatic rings. The van der Waals surface area contributed by atoms with Gasteiger partial charge < -0.3 is 15.4 Å². The van der Waals surface area contributed by atoms with Crippen LogP contribution in [-0.2, 0) is 11.3 Å². The lowest BCUT2D eigenvalue weighted by atomic mass is 10.1. The Balaban J connectivity index is 0.00000392. The number of ether oxygens (including phenoxy) is 1. The number of benzene rings is 1. The van der Waals surface area contributed by atoms with Crippen LogP contribution in [0.25, 0.3) is 0 Å². The molecule has 1 heterocycles. The molecule has 6 nitrogen and oxygen atoms in total. The second-order valence-electron chi connectivity index (χ2n) is 6.06. The molecule has 1 aromatic carbocycles. The summed E-state index contributed by atoms with van der Waals surface area (Å²) in [5.74, 6) is -0.0146. The topological polar surface area (TPSA) is 75.6 Å². The number of thiazole rings is 1. The quantitative estimate of drug-likeness (QED) is 0.260. The number of halogens is 2. The normalized spacial score (nSPS) is 12.1. The molecule has 0 aliphatic heterocycles. The van der Waals surface area contributed by atoms with Crippen LogP contribution < -0.4 is 10.6 Å². The second kappa shape index (κ2) is 11.3. The fraction of sp³-hybridized carbons (Fsp3) is 0.421. The van der Waals surface area contributed by atoms with E-state index in [1.165, 1.54) is 17.4 Å². The lowest BCUT2D eigenvalue weighted by Gasteiger charge is -2.16. The molecule has 1 unspecified atom stereocenters. The Morgan fingerprint density at radius 3 is 2.71 bits per heavy atom. The molecular weight excluding hydrogens is 494 g/mol. The van der Waals surface area contributed by atoms with Crippen LogP contribution in [0.4, 0.5) is 4.39 Å². The van der Waals surface area contributed by atoms with E-state index >= 15 is 0 Å². The first-order valence-corrected chi connectivity index (χ1v) is 9.54. The van der Waals surface area contributed by atoms with E-state index < -0.39 is 0 Å². The van der Waals surface area contributed by atoms with Crippen molar-refractivity contribution in [1.82, 2.24) is 15.6 Å². The molecule has 0 aliphatic carbocycles. The Labute approximate surface area is 186 Å².